The van der Waals surface area contributed by atoms with Crippen LogP contribution in [0.4, 0.5) is 10.1 Å². The van der Waals surface area contributed by atoms with E-state index in [2.05, 4.69) is 10.0 Å². The van der Waals surface area contributed by atoms with E-state index < -0.39 is 10.0 Å². The van der Waals surface area contributed by atoms with Crippen LogP contribution in [0, 0.1) is 5.82 Å². The van der Waals surface area contributed by atoms with Crippen molar-refractivity contribution in [1.29, 1.82) is 0 Å². The molecule has 0 bridgehead atoms. The lowest BCUT2D eigenvalue weighted by molar-refractivity contribution is 0.584. The predicted molar refractivity (Wildman–Crippen MR) is 81.0 cm³/mol. The zero-order chi connectivity index (χ0) is 15.3. The highest BCUT2D eigenvalue weighted by Gasteiger charge is 2.16. The van der Waals surface area contributed by atoms with Crippen molar-refractivity contribution in [2.45, 2.75) is 18.4 Å². The van der Waals surface area contributed by atoms with Crippen LogP contribution >= 0.6 is 0 Å². The Balaban J connectivity index is 2.19. The molecule has 0 spiro atoms. The summed E-state index contributed by atoms with van der Waals surface area (Å²) >= 11 is 0. The van der Waals surface area contributed by atoms with E-state index in [1.165, 1.54) is 12.1 Å². The van der Waals surface area contributed by atoms with Gasteiger partial charge in [-0.15, -0.1) is 0 Å². The first-order chi connectivity index (χ1) is 10.0. The molecule has 4 nitrogen and oxygen atoms in total. The molecule has 0 radical (unpaired) electrons. The highest BCUT2D eigenvalue weighted by Crippen LogP contribution is 2.21. The fourth-order valence-corrected chi connectivity index (χ4v) is 3.14. The van der Waals surface area contributed by atoms with Gasteiger partial charge in [-0.1, -0.05) is 31.2 Å². The molecule has 21 heavy (non-hydrogen) atoms. The van der Waals surface area contributed by atoms with Gasteiger partial charge in [-0.25, -0.2) is 17.5 Å². The molecule has 112 valence electrons. The largest absolute Gasteiger partial charge is 0.380 e. The van der Waals surface area contributed by atoms with Gasteiger partial charge in [-0.3, -0.25) is 0 Å². The van der Waals surface area contributed by atoms with Crippen LogP contribution in [-0.4, -0.2) is 15.0 Å². The number of halogens is 1. The van der Waals surface area contributed by atoms with Crippen LogP contribution < -0.4 is 10.0 Å². The average molecular weight is 308 g/mol. The fourth-order valence-electron chi connectivity index (χ4n) is 1.91. The number of benzene rings is 2. The second-order valence-electron chi connectivity index (χ2n) is 4.48. The summed E-state index contributed by atoms with van der Waals surface area (Å²) in [6.07, 6.45) is 0. The Bertz CT molecular complexity index is 700. The van der Waals surface area contributed by atoms with Crippen LogP contribution in [0.5, 0.6) is 0 Å². The predicted octanol–water partition coefficient (Wildman–Crippen LogP) is 2.74. The maximum atomic E-state index is 12.8. The molecule has 0 fully saturated rings. The molecule has 2 rings (SSSR count). The minimum atomic E-state index is -3.52. The summed E-state index contributed by atoms with van der Waals surface area (Å²) in [6.45, 7) is 2.47. The Kier molecular flexibility index (Phi) is 4.93. The number of nitrogens with one attached hydrogen (secondary N) is 2. The van der Waals surface area contributed by atoms with Crippen molar-refractivity contribution in [2.75, 3.05) is 11.9 Å². The first kappa shape index (κ1) is 15.5. The molecule has 0 aliphatic heterocycles. The number of sulfonamides is 1. The van der Waals surface area contributed by atoms with Crippen molar-refractivity contribution in [3.8, 4) is 0 Å². The van der Waals surface area contributed by atoms with Crippen molar-refractivity contribution in [1.82, 2.24) is 4.72 Å². The highest BCUT2D eigenvalue weighted by atomic mass is 32.2. The third-order valence-corrected chi connectivity index (χ3v) is 4.51. The lowest BCUT2D eigenvalue weighted by Gasteiger charge is -2.12. The van der Waals surface area contributed by atoms with Crippen LogP contribution in [0.1, 0.15) is 12.5 Å². The highest BCUT2D eigenvalue weighted by molar-refractivity contribution is 7.89. The number of hydrogen-bond donors (Lipinski definition) is 2. The third kappa shape index (κ3) is 4.03. The molecule has 0 saturated heterocycles. The molecule has 0 aromatic heterocycles. The SMILES string of the molecule is CCNS(=O)(=O)c1ccccc1NCc1ccc(F)cc1. The quantitative estimate of drug-likeness (QED) is 0.862. The first-order valence-electron chi connectivity index (χ1n) is 6.60. The standard InChI is InChI=1S/C15H17FN2O2S/c1-2-18-21(19,20)15-6-4-3-5-14(15)17-11-12-7-9-13(16)10-8-12/h3-10,17-18H,2,11H2,1H3. The molecule has 0 aliphatic carbocycles. The minimum Gasteiger partial charge on any atom is -0.380 e. The molecule has 2 N–H and O–H groups in total. The molecule has 2 aromatic carbocycles. The molecule has 0 unspecified atom stereocenters. The molecule has 6 heteroatoms. The van der Waals surface area contributed by atoms with Crippen LogP contribution in [-0.2, 0) is 16.6 Å². The Morgan fingerprint density at radius 1 is 1.05 bits per heavy atom. The van der Waals surface area contributed by atoms with Crippen molar-refractivity contribution in [3.05, 3.63) is 59.9 Å². The maximum absolute atomic E-state index is 12.8. The molecule has 0 heterocycles. The number of para-hydroxylation sites is 1. The van der Waals surface area contributed by atoms with Crippen molar-refractivity contribution in [2.24, 2.45) is 0 Å². The van der Waals surface area contributed by atoms with Crippen LogP contribution in [0.25, 0.3) is 0 Å². The van der Waals surface area contributed by atoms with E-state index >= 15 is 0 Å². The van der Waals surface area contributed by atoms with E-state index in [0.29, 0.717) is 18.8 Å². The first-order valence-corrected chi connectivity index (χ1v) is 8.08. The zero-order valence-electron chi connectivity index (χ0n) is 11.6. The van der Waals surface area contributed by atoms with E-state index in [4.69, 9.17) is 0 Å². The molecule has 0 aliphatic rings. The van der Waals surface area contributed by atoms with Crippen LogP contribution in [0.2, 0.25) is 0 Å². The lowest BCUT2D eigenvalue weighted by Crippen LogP contribution is -2.24. The van der Waals surface area contributed by atoms with E-state index in [1.54, 1.807) is 43.3 Å². The van der Waals surface area contributed by atoms with E-state index in [0.717, 1.165) is 5.56 Å². The van der Waals surface area contributed by atoms with E-state index in [9.17, 15) is 12.8 Å². The summed E-state index contributed by atoms with van der Waals surface area (Å²) in [5, 5.41) is 3.07. The fraction of sp³-hybridized carbons (Fsp3) is 0.200. The van der Waals surface area contributed by atoms with Gasteiger partial charge in [0.15, 0.2) is 0 Å². The number of rotatable bonds is 6. The van der Waals surface area contributed by atoms with Gasteiger partial charge in [0.1, 0.15) is 10.7 Å². The van der Waals surface area contributed by atoms with E-state index in [1.807, 2.05) is 0 Å². The average Bonchev–Trinajstić information content (AvgIpc) is 2.47. The smallest absolute Gasteiger partial charge is 0.242 e. The van der Waals surface area contributed by atoms with Crippen molar-refractivity contribution >= 4 is 15.7 Å². The topological polar surface area (TPSA) is 58.2 Å². The maximum Gasteiger partial charge on any atom is 0.242 e. The Hall–Kier alpha value is -1.92. The van der Waals surface area contributed by atoms with Gasteiger partial charge in [-0.2, -0.15) is 0 Å². The van der Waals surface area contributed by atoms with Gasteiger partial charge in [0.25, 0.3) is 0 Å². The van der Waals surface area contributed by atoms with Crippen molar-refractivity contribution < 1.29 is 12.8 Å². The Labute approximate surface area is 124 Å². The van der Waals surface area contributed by atoms with Gasteiger partial charge in [0, 0.05) is 13.1 Å². The van der Waals surface area contributed by atoms with E-state index in [-0.39, 0.29) is 10.7 Å². The minimum absolute atomic E-state index is 0.203. The van der Waals surface area contributed by atoms with Gasteiger partial charge in [-0.05, 0) is 29.8 Å². The second-order valence-corrected chi connectivity index (χ2v) is 6.21. The molecular formula is C15H17FN2O2S. The summed E-state index contributed by atoms with van der Waals surface area (Å²) in [6, 6.07) is 12.7. The van der Waals surface area contributed by atoms with Gasteiger partial charge < -0.3 is 5.32 Å². The summed E-state index contributed by atoms with van der Waals surface area (Å²) in [5.74, 6) is -0.297. The number of hydrogen-bond acceptors (Lipinski definition) is 3. The summed E-state index contributed by atoms with van der Waals surface area (Å²) < 4.78 is 39.5. The third-order valence-electron chi connectivity index (χ3n) is 2.91. The lowest BCUT2D eigenvalue weighted by atomic mass is 10.2. The monoisotopic (exact) mass is 308 g/mol. The van der Waals surface area contributed by atoms with Crippen molar-refractivity contribution in [3.63, 3.8) is 0 Å². The summed E-state index contributed by atoms with van der Waals surface area (Å²) in [4.78, 5) is 0.203. The Morgan fingerprint density at radius 2 is 1.71 bits per heavy atom. The Morgan fingerprint density at radius 3 is 2.38 bits per heavy atom. The van der Waals surface area contributed by atoms with Crippen LogP contribution in [0.15, 0.2) is 53.4 Å². The molecular weight excluding hydrogens is 291 g/mol. The summed E-state index contributed by atoms with van der Waals surface area (Å²) in [7, 11) is -3.52. The molecule has 0 amide bonds. The van der Waals surface area contributed by atoms with Gasteiger partial charge in [0.2, 0.25) is 10.0 Å². The number of anilines is 1. The van der Waals surface area contributed by atoms with Gasteiger partial charge in [0.05, 0.1) is 5.69 Å². The van der Waals surface area contributed by atoms with Crippen LogP contribution in [0.3, 0.4) is 0 Å². The second kappa shape index (κ2) is 6.69. The molecule has 0 saturated carbocycles. The molecule has 0 atom stereocenters. The summed E-state index contributed by atoms with van der Waals surface area (Å²) in [5.41, 5.74) is 1.38. The normalized spacial score (nSPS) is 11.3. The zero-order valence-corrected chi connectivity index (χ0v) is 12.5. The van der Waals surface area contributed by atoms with Gasteiger partial charge >= 0.3 is 0 Å². The molecule has 2 aromatic rings.